The highest BCUT2D eigenvalue weighted by molar-refractivity contribution is 5.86. The van der Waals surface area contributed by atoms with Gasteiger partial charge < -0.3 is 14.0 Å². The van der Waals surface area contributed by atoms with E-state index in [0.717, 1.165) is 35.1 Å². The van der Waals surface area contributed by atoms with E-state index in [-0.39, 0.29) is 0 Å². The zero-order valence-corrected chi connectivity index (χ0v) is 13.5. The highest BCUT2D eigenvalue weighted by Crippen LogP contribution is 2.31. The van der Waals surface area contributed by atoms with Crippen molar-refractivity contribution in [1.29, 1.82) is 0 Å². The molecule has 0 spiro atoms. The zero-order valence-electron chi connectivity index (χ0n) is 13.5. The molecular formula is C17H19N3O3. The largest absolute Gasteiger partial charge is 0.497 e. The van der Waals surface area contributed by atoms with Crippen LogP contribution in [0.25, 0.3) is 22.3 Å². The van der Waals surface area contributed by atoms with E-state index in [1.54, 1.807) is 7.11 Å². The minimum Gasteiger partial charge on any atom is -0.497 e. The van der Waals surface area contributed by atoms with Gasteiger partial charge in [-0.2, -0.15) is 4.98 Å². The van der Waals surface area contributed by atoms with Gasteiger partial charge in [-0.25, -0.2) is 4.98 Å². The minimum absolute atomic E-state index is 0.495. The van der Waals surface area contributed by atoms with Crippen LogP contribution in [0.4, 0.5) is 0 Å². The Morgan fingerprint density at radius 2 is 2.00 bits per heavy atom. The molecule has 6 nitrogen and oxygen atoms in total. The normalized spacial score (nSPS) is 10.9. The Morgan fingerprint density at radius 3 is 2.74 bits per heavy atom. The van der Waals surface area contributed by atoms with Gasteiger partial charge in [-0.1, -0.05) is 12.1 Å². The van der Waals surface area contributed by atoms with Gasteiger partial charge in [0.05, 0.1) is 24.8 Å². The van der Waals surface area contributed by atoms with Gasteiger partial charge >= 0.3 is 0 Å². The van der Waals surface area contributed by atoms with Crippen molar-refractivity contribution < 1.29 is 14.0 Å². The third-order valence-electron chi connectivity index (χ3n) is 3.44. The molecule has 0 radical (unpaired) electrons. The molecule has 0 fully saturated rings. The fourth-order valence-corrected chi connectivity index (χ4v) is 2.35. The Hall–Kier alpha value is -2.63. The number of ether oxygens (including phenoxy) is 2. The molecule has 1 aromatic carbocycles. The van der Waals surface area contributed by atoms with Crippen molar-refractivity contribution >= 4 is 10.9 Å². The van der Waals surface area contributed by atoms with E-state index in [1.807, 2.05) is 31.2 Å². The molecule has 0 N–H and O–H groups in total. The predicted octanol–water partition coefficient (Wildman–Crippen LogP) is 3.64. The van der Waals surface area contributed by atoms with Gasteiger partial charge in [-0.3, -0.25) is 0 Å². The number of rotatable bonds is 6. The Balaban J connectivity index is 2.12. The molecule has 6 heteroatoms. The quantitative estimate of drug-likeness (QED) is 0.692. The predicted molar refractivity (Wildman–Crippen MR) is 86.8 cm³/mol. The molecular weight excluding hydrogens is 294 g/mol. The lowest BCUT2D eigenvalue weighted by atomic mass is 10.1. The number of benzene rings is 1. The molecule has 0 aliphatic carbocycles. The number of aryl methyl sites for hydroxylation is 1. The third-order valence-corrected chi connectivity index (χ3v) is 3.44. The van der Waals surface area contributed by atoms with Crippen LogP contribution < -0.4 is 9.47 Å². The number of nitrogens with zero attached hydrogens (tertiary/aromatic N) is 3. The average molecular weight is 313 g/mol. The second-order valence-electron chi connectivity index (χ2n) is 5.09. The standard InChI is InChI=1S/C17H19N3O3/c1-4-6-15-19-16(20-23-15)13-10-11-9-12(21-3)7-8-14(11)18-17(13)22-5-2/h7-10H,4-6H2,1-3H3. The molecule has 0 aliphatic rings. The summed E-state index contributed by atoms with van der Waals surface area (Å²) in [5, 5.41) is 4.99. The van der Waals surface area contributed by atoms with Gasteiger partial charge in [-0.05, 0) is 37.6 Å². The third kappa shape index (κ3) is 3.11. The number of aromatic nitrogens is 3. The number of fused-ring (bicyclic) bond motifs is 1. The van der Waals surface area contributed by atoms with Gasteiger partial charge in [0, 0.05) is 11.8 Å². The maximum atomic E-state index is 5.66. The van der Waals surface area contributed by atoms with Crippen molar-refractivity contribution in [2.45, 2.75) is 26.7 Å². The summed E-state index contributed by atoms with van der Waals surface area (Å²) in [6.45, 7) is 4.50. The fraction of sp³-hybridized carbons (Fsp3) is 0.353. The summed E-state index contributed by atoms with van der Waals surface area (Å²) in [4.78, 5) is 9.01. The van der Waals surface area contributed by atoms with E-state index in [4.69, 9.17) is 14.0 Å². The summed E-state index contributed by atoms with van der Waals surface area (Å²) in [6.07, 6.45) is 1.71. The van der Waals surface area contributed by atoms with Crippen molar-refractivity contribution in [3.05, 3.63) is 30.2 Å². The molecule has 0 atom stereocenters. The van der Waals surface area contributed by atoms with Crippen LogP contribution in [-0.2, 0) is 6.42 Å². The lowest BCUT2D eigenvalue weighted by molar-refractivity contribution is 0.329. The van der Waals surface area contributed by atoms with E-state index >= 15 is 0 Å². The molecule has 0 bridgehead atoms. The number of hydrogen-bond acceptors (Lipinski definition) is 6. The summed E-state index contributed by atoms with van der Waals surface area (Å²) < 4.78 is 16.2. The van der Waals surface area contributed by atoms with Crippen LogP contribution in [0.5, 0.6) is 11.6 Å². The molecule has 120 valence electrons. The molecule has 0 saturated heterocycles. The summed E-state index contributed by atoms with van der Waals surface area (Å²) in [5.74, 6) is 2.40. The first-order valence-corrected chi connectivity index (χ1v) is 7.69. The molecule has 3 aromatic rings. The Bertz CT molecular complexity index is 814. The number of methoxy groups -OCH3 is 1. The topological polar surface area (TPSA) is 70.3 Å². The molecule has 0 amide bonds. The second kappa shape index (κ2) is 6.64. The van der Waals surface area contributed by atoms with Crippen molar-refractivity contribution in [3.8, 4) is 23.0 Å². The van der Waals surface area contributed by atoms with Crippen LogP contribution in [0.3, 0.4) is 0 Å². The highest BCUT2D eigenvalue weighted by Gasteiger charge is 2.16. The monoisotopic (exact) mass is 313 g/mol. The number of hydrogen-bond donors (Lipinski definition) is 0. The first-order chi connectivity index (χ1) is 11.2. The van der Waals surface area contributed by atoms with E-state index in [1.165, 1.54) is 0 Å². The second-order valence-corrected chi connectivity index (χ2v) is 5.09. The van der Waals surface area contributed by atoms with Crippen molar-refractivity contribution in [3.63, 3.8) is 0 Å². The van der Waals surface area contributed by atoms with Gasteiger partial charge in [0.1, 0.15) is 5.75 Å². The van der Waals surface area contributed by atoms with Gasteiger partial charge in [0.2, 0.25) is 17.6 Å². The SMILES string of the molecule is CCCc1nc(-c2cc3cc(OC)ccc3nc2OCC)no1. The van der Waals surface area contributed by atoms with E-state index in [2.05, 4.69) is 22.0 Å². The molecule has 3 rings (SSSR count). The number of pyridine rings is 1. The van der Waals surface area contributed by atoms with Crippen LogP contribution in [0, 0.1) is 0 Å². The Morgan fingerprint density at radius 1 is 1.13 bits per heavy atom. The Kier molecular flexibility index (Phi) is 4.41. The van der Waals surface area contributed by atoms with Crippen LogP contribution in [0.1, 0.15) is 26.2 Å². The maximum Gasteiger partial charge on any atom is 0.226 e. The Labute approximate surface area is 134 Å². The fourth-order valence-electron chi connectivity index (χ4n) is 2.35. The molecule has 0 aliphatic heterocycles. The molecule has 2 heterocycles. The van der Waals surface area contributed by atoms with Crippen molar-refractivity contribution in [1.82, 2.24) is 15.1 Å². The van der Waals surface area contributed by atoms with Gasteiger partial charge in [-0.15, -0.1) is 0 Å². The molecule has 0 unspecified atom stereocenters. The first kappa shape index (κ1) is 15.3. The summed E-state index contributed by atoms with van der Waals surface area (Å²) in [5.41, 5.74) is 1.55. The lowest BCUT2D eigenvalue weighted by Crippen LogP contribution is -1.99. The average Bonchev–Trinajstić information content (AvgIpc) is 3.03. The van der Waals surface area contributed by atoms with Gasteiger partial charge in [0.15, 0.2) is 0 Å². The van der Waals surface area contributed by atoms with Crippen LogP contribution in [-0.4, -0.2) is 28.8 Å². The highest BCUT2D eigenvalue weighted by atomic mass is 16.5. The summed E-state index contributed by atoms with van der Waals surface area (Å²) in [7, 11) is 1.64. The van der Waals surface area contributed by atoms with Crippen LogP contribution in [0.15, 0.2) is 28.8 Å². The summed E-state index contributed by atoms with van der Waals surface area (Å²) >= 11 is 0. The van der Waals surface area contributed by atoms with Crippen molar-refractivity contribution in [2.24, 2.45) is 0 Å². The van der Waals surface area contributed by atoms with Crippen LogP contribution in [0.2, 0.25) is 0 Å². The lowest BCUT2D eigenvalue weighted by Gasteiger charge is -2.09. The van der Waals surface area contributed by atoms with E-state index in [0.29, 0.717) is 24.2 Å². The molecule has 2 aromatic heterocycles. The van der Waals surface area contributed by atoms with Crippen molar-refractivity contribution in [2.75, 3.05) is 13.7 Å². The first-order valence-electron chi connectivity index (χ1n) is 7.69. The van der Waals surface area contributed by atoms with Crippen LogP contribution >= 0.6 is 0 Å². The van der Waals surface area contributed by atoms with Gasteiger partial charge in [0.25, 0.3) is 0 Å². The smallest absolute Gasteiger partial charge is 0.226 e. The molecule has 23 heavy (non-hydrogen) atoms. The summed E-state index contributed by atoms with van der Waals surface area (Å²) in [6, 6.07) is 7.66. The minimum atomic E-state index is 0.495. The zero-order chi connectivity index (χ0) is 16.2. The molecule has 0 saturated carbocycles. The van der Waals surface area contributed by atoms with E-state index < -0.39 is 0 Å². The van der Waals surface area contributed by atoms with E-state index in [9.17, 15) is 0 Å². The maximum absolute atomic E-state index is 5.66.